The van der Waals surface area contributed by atoms with Gasteiger partial charge in [-0.2, -0.15) is 0 Å². The zero-order chi connectivity index (χ0) is 20.0. The molecule has 29 heavy (non-hydrogen) atoms. The molecule has 146 valence electrons. The van der Waals surface area contributed by atoms with Crippen LogP contribution in [0.4, 0.5) is 9.18 Å². The Balaban J connectivity index is 1.27. The van der Waals surface area contributed by atoms with Gasteiger partial charge in [0.05, 0.1) is 13.1 Å². The number of carbonyl (C=O) groups excluding carboxylic acids is 1. The molecule has 0 unspecified atom stereocenters. The van der Waals surface area contributed by atoms with Crippen molar-refractivity contribution >= 4 is 6.09 Å². The van der Waals surface area contributed by atoms with Gasteiger partial charge in [0.1, 0.15) is 18.0 Å². The summed E-state index contributed by atoms with van der Waals surface area (Å²) in [6, 6.07) is 22.2. The number of β-amino-alcohol motifs (C(OH)–C–C–N with tert-alkyl or cyclic N) is 1. The van der Waals surface area contributed by atoms with Crippen LogP contribution in [0.1, 0.15) is 22.6 Å². The molecule has 1 fully saturated rings. The lowest BCUT2D eigenvalue weighted by Crippen LogP contribution is -2.61. The second-order valence-corrected chi connectivity index (χ2v) is 7.70. The van der Waals surface area contributed by atoms with E-state index in [9.17, 15) is 14.3 Å². The van der Waals surface area contributed by atoms with Gasteiger partial charge in [-0.1, -0.05) is 60.7 Å². The Morgan fingerprint density at radius 3 is 2.24 bits per heavy atom. The SMILES string of the molecule is O=C(OCC1c2ccccc2-c2ccccc21)N1CC(O)(c2cccc(F)c2)C1. The van der Waals surface area contributed by atoms with Gasteiger partial charge >= 0.3 is 6.09 Å². The molecule has 4 nitrogen and oxygen atoms in total. The van der Waals surface area contributed by atoms with Crippen LogP contribution in [0.15, 0.2) is 72.8 Å². The Bertz CT molecular complexity index is 1050. The molecule has 1 amide bonds. The van der Waals surface area contributed by atoms with E-state index in [0.717, 1.165) is 11.1 Å². The molecule has 5 heteroatoms. The van der Waals surface area contributed by atoms with E-state index >= 15 is 0 Å². The molecule has 0 spiro atoms. The van der Waals surface area contributed by atoms with Crippen LogP contribution in [-0.4, -0.2) is 35.8 Å². The highest BCUT2D eigenvalue weighted by Crippen LogP contribution is 2.44. The van der Waals surface area contributed by atoms with Gasteiger partial charge in [0.2, 0.25) is 0 Å². The maximum atomic E-state index is 13.4. The summed E-state index contributed by atoms with van der Waals surface area (Å²) in [5.41, 5.74) is 3.90. The lowest BCUT2D eigenvalue weighted by atomic mass is 9.86. The van der Waals surface area contributed by atoms with Gasteiger partial charge in [-0.3, -0.25) is 0 Å². The van der Waals surface area contributed by atoms with Crippen molar-refractivity contribution < 1.29 is 19.0 Å². The number of fused-ring (bicyclic) bond motifs is 3. The molecule has 1 N–H and O–H groups in total. The van der Waals surface area contributed by atoms with Gasteiger partial charge in [0.15, 0.2) is 0 Å². The normalized spacial score (nSPS) is 16.7. The maximum absolute atomic E-state index is 13.4. The summed E-state index contributed by atoms with van der Waals surface area (Å²) in [7, 11) is 0. The van der Waals surface area contributed by atoms with E-state index in [-0.39, 0.29) is 25.6 Å². The number of amides is 1. The summed E-state index contributed by atoms with van der Waals surface area (Å²) in [4.78, 5) is 14.0. The van der Waals surface area contributed by atoms with Crippen molar-refractivity contribution in [2.75, 3.05) is 19.7 Å². The summed E-state index contributed by atoms with van der Waals surface area (Å²) in [5.74, 6) is -0.412. The van der Waals surface area contributed by atoms with Crippen LogP contribution >= 0.6 is 0 Å². The summed E-state index contributed by atoms with van der Waals surface area (Å²) in [6.45, 7) is 0.419. The van der Waals surface area contributed by atoms with Crippen molar-refractivity contribution in [1.82, 2.24) is 4.90 Å². The van der Waals surface area contributed by atoms with Gasteiger partial charge in [0.25, 0.3) is 0 Å². The Labute approximate surface area is 168 Å². The number of carbonyl (C=O) groups is 1. The first kappa shape index (κ1) is 17.9. The van der Waals surface area contributed by atoms with Gasteiger partial charge in [0, 0.05) is 5.92 Å². The molecule has 0 atom stereocenters. The van der Waals surface area contributed by atoms with E-state index in [1.807, 2.05) is 24.3 Å². The quantitative estimate of drug-likeness (QED) is 0.728. The number of nitrogens with zero attached hydrogens (tertiary/aromatic N) is 1. The van der Waals surface area contributed by atoms with Crippen molar-refractivity contribution in [1.29, 1.82) is 0 Å². The average molecular weight is 389 g/mol. The third-order valence-corrected chi connectivity index (χ3v) is 5.86. The molecule has 1 heterocycles. The molecular formula is C24H20FNO3. The van der Waals surface area contributed by atoms with E-state index in [2.05, 4.69) is 24.3 Å². The largest absolute Gasteiger partial charge is 0.448 e. The van der Waals surface area contributed by atoms with E-state index in [1.165, 1.54) is 28.2 Å². The number of hydrogen-bond donors (Lipinski definition) is 1. The highest BCUT2D eigenvalue weighted by molar-refractivity contribution is 5.79. The number of rotatable bonds is 3. The standard InChI is InChI=1S/C24H20FNO3/c25-17-7-5-6-16(12-17)24(28)14-26(15-24)23(27)29-13-22-20-10-3-1-8-18(20)19-9-2-4-11-21(19)22/h1-12,22,28H,13-15H2. The molecule has 2 aliphatic rings. The number of hydrogen-bond acceptors (Lipinski definition) is 3. The molecule has 3 aromatic rings. The number of halogens is 1. The second-order valence-electron chi connectivity index (χ2n) is 7.70. The van der Waals surface area contributed by atoms with Gasteiger partial charge < -0.3 is 14.7 Å². The van der Waals surface area contributed by atoms with Crippen LogP contribution in [-0.2, 0) is 10.3 Å². The highest BCUT2D eigenvalue weighted by Gasteiger charge is 2.46. The Hall–Kier alpha value is -3.18. The lowest BCUT2D eigenvalue weighted by molar-refractivity contribution is -0.0944. The number of benzene rings is 3. The van der Waals surface area contributed by atoms with Gasteiger partial charge in [-0.05, 0) is 39.9 Å². The first-order valence-electron chi connectivity index (χ1n) is 9.63. The summed E-state index contributed by atoms with van der Waals surface area (Å²) >= 11 is 0. The second kappa shape index (κ2) is 6.71. The minimum atomic E-state index is -1.23. The van der Waals surface area contributed by atoms with E-state index in [1.54, 1.807) is 12.1 Å². The predicted molar refractivity (Wildman–Crippen MR) is 107 cm³/mol. The molecule has 5 rings (SSSR count). The van der Waals surface area contributed by atoms with Crippen LogP contribution < -0.4 is 0 Å². The molecule has 0 aromatic heterocycles. The Morgan fingerprint density at radius 2 is 1.62 bits per heavy atom. The molecule has 0 radical (unpaired) electrons. The average Bonchev–Trinajstić information content (AvgIpc) is 3.03. The molecule has 0 bridgehead atoms. The fourth-order valence-electron chi connectivity index (χ4n) is 4.36. The smallest absolute Gasteiger partial charge is 0.410 e. The molecule has 0 saturated carbocycles. The molecule has 1 aliphatic heterocycles. The molecule has 1 aliphatic carbocycles. The van der Waals surface area contributed by atoms with Crippen molar-refractivity contribution in [3.8, 4) is 11.1 Å². The van der Waals surface area contributed by atoms with Crippen LogP contribution in [0.3, 0.4) is 0 Å². The Morgan fingerprint density at radius 1 is 1.00 bits per heavy atom. The number of ether oxygens (including phenoxy) is 1. The van der Waals surface area contributed by atoms with Crippen molar-refractivity contribution in [3.05, 3.63) is 95.3 Å². The lowest BCUT2D eigenvalue weighted by Gasteiger charge is -2.45. The monoisotopic (exact) mass is 389 g/mol. The van der Waals surface area contributed by atoms with Crippen LogP contribution in [0.25, 0.3) is 11.1 Å². The predicted octanol–water partition coefficient (Wildman–Crippen LogP) is 4.28. The zero-order valence-electron chi connectivity index (χ0n) is 15.7. The number of aliphatic hydroxyl groups is 1. The highest BCUT2D eigenvalue weighted by atomic mass is 19.1. The van der Waals surface area contributed by atoms with E-state index < -0.39 is 17.5 Å². The summed E-state index contributed by atoms with van der Waals surface area (Å²) in [5, 5.41) is 10.6. The van der Waals surface area contributed by atoms with Crippen LogP contribution in [0, 0.1) is 5.82 Å². The van der Waals surface area contributed by atoms with E-state index in [0.29, 0.717) is 5.56 Å². The zero-order valence-corrected chi connectivity index (χ0v) is 15.7. The maximum Gasteiger partial charge on any atom is 0.410 e. The van der Waals surface area contributed by atoms with Crippen LogP contribution in [0.5, 0.6) is 0 Å². The van der Waals surface area contributed by atoms with Crippen molar-refractivity contribution in [3.63, 3.8) is 0 Å². The molecule has 3 aromatic carbocycles. The van der Waals surface area contributed by atoms with Crippen molar-refractivity contribution in [2.24, 2.45) is 0 Å². The van der Waals surface area contributed by atoms with Gasteiger partial charge in [-0.15, -0.1) is 0 Å². The van der Waals surface area contributed by atoms with Gasteiger partial charge in [-0.25, -0.2) is 9.18 Å². The topological polar surface area (TPSA) is 49.8 Å². The fourth-order valence-corrected chi connectivity index (χ4v) is 4.36. The fraction of sp³-hybridized carbons (Fsp3) is 0.208. The van der Waals surface area contributed by atoms with Crippen molar-refractivity contribution in [2.45, 2.75) is 11.5 Å². The van der Waals surface area contributed by atoms with E-state index in [4.69, 9.17) is 4.74 Å². The number of likely N-dealkylation sites (tertiary alicyclic amines) is 1. The first-order chi connectivity index (χ1) is 14.0. The third kappa shape index (κ3) is 2.98. The first-order valence-corrected chi connectivity index (χ1v) is 9.63. The molecular weight excluding hydrogens is 369 g/mol. The summed E-state index contributed by atoms with van der Waals surface area (Å²) in [6.07, 6.45) is -0.465. The van der Waals surface area contributed by atoms with Crippen LogP contribution in [0.2, 0.25) is 0 Å². The minimum Gasteiger partial charge on any atom is -0.448 e. The molecule has 1 saturated heterocycles. The Kier molecular flexibility index (Phi) is 4.14. The minimum absolute atomic E-state index is 0.00488. The summed E-state index contributed by atoms with van der Waals surface area (Å²) < 4.78 is 19.0. The third-order valence-electron chi connectivity index (χ3n) is 5.86.